The number of pyridine rings is 1. The van der Waals surface area contributed by atoms with Crippen LogP contribution in [-0.2, 0) is 0 Å². The molecule has 1 atom stereocenters. The zero-order valence-corrected chi connectivity index (χ0v) is 13.2. The molecule has 1 unspecified atom stereocenters. The molecule has 2 aromatic carbocycles. The maximum Gasteiger partial charge on any atom is 0.253 e. The third kappa shape index (κ3) is 3.57. The number of aromatic nitrogens is 1. The van der Waals surface area contributed by atoms with Gasteiger partial charge in [0.25, 0.3) is 5.91 Å². The molecular formula is C20H20N2O. The van der Waals surface area contributed by atoms with Crippen LogP contribution in [-0.4, -0.2) is 17.4 Å². The van der Waals surface area contributed by atoms with Gasteiger partial charge in [-0.15, -0.1) is 0 Å². The van der Waals surface area contributed by atoms with Crippen molar-refractivity contribution >= 4 is 16.7 Å². The van der Waals surface area contributed by atoms with Gasteiger partial charge in [0.2, 0.25) is 0 Å². The highest BCUT2D eigenvalue weighted by Crippen LogP contribution is 2.19. The van der Waals surface area contributed by atoms with Crippen LogP contribution in [0.15, 0.2) is 67.0 Å². The number of hydrogen-bond donors (Lipinski definition) is 1. The van der Waals surface area contributed by atoms with E-state index in [9.17, 15) is 4.79 Å². The lowest BCUT2D eigenvalue weighted by molar-refractivity contribution is 0.0954. The predicted octanol–water partition coefficient (Wildman–Crippen LogP) is 4.16. The minimum absolute atomic E-state index is 0.0606. The lowest BCUT2D eigenvalue weighted by Gasteiger charge is -2.13. The number of carbonyl (C=O) groups is 1. The quantitative estimate of drug-likeness (QED) is 0.769. The molecule has 0 aliphatic carbocycles. The first-order valence-corrected chi connectivity index (χ1v) is 7.91. The van der Waals surface area contributed by atoms with Gasteiger partial charge in [-0.1, -0.05) is 61.5 Å². The second-order valence-corrected chi connectivity index (χ2v) is 5.76. The van der Waals surface area contributed by atoms with E-state index in [0.29, 0.717) is 18.0 Å². The molecule has 1 heterocycles. The summed E-state index contributed by atoms with van der Waals surface area (Å²) in [6.45, 7) is 2.83. The largest absolute Gasteiger partial charge is 0.352 e. The molecule has 0 spiro atoms. The van der Waals surface area contributed by atoms with Gasteiger partial charge in [-0.3, -0.25) is 9.78 Å². The Labute approximate surface area is 136 Å². The van der Waals surface area contributed by atoms with E-state index in [1.54, 1.807) is 12.4 Å². The third-order valence-electron chi connectivity index (χ3n) is 4.14. The fourth-order valence-corrected chi connectivity index (χ4v) is 2.74. The smallest absolute Gasteiger partial charge is 0.253 e. The minimum atomic E-state index is -0.0606. The Bertz CT molecular complexity index is 794. The Hall–Kier alpha value is -2.68. The molecule has 0 bridgehead atoms. The van der Waals surface area contributed by atoms with Crippen LogP contribution in [0.25, 0.3) is 10.8 Å². The molecule has 1 N–H and O–H groups in total. The number of fused-ring (bicyclic) bond motifs is 1. The zero-order valence-electron chi connectivity index (χ0n) is 13.2. The average molecular weight is 304 g/mol. The molecule has 0 radical (unpaired) electrons. The van der Waals surface area contributed by atoms with Gasteiger partial charge in [0.1, 0.15) is 0 Å². The van der Waals surface area contributed by atoms with Crippen molar-refractivity contribution in [2.75, 3.05) is 6.54 Å². The van der Waals surface area contributed by atoms with Crippen LogP contribution in [0.3, 0.4) is 0 Å². The Morgan fingerprint density at radius 1 is 1.04 bits per heavy atom. The van der Waals surface area contributed by atoms with Gasteiger partial charge in [0.05, 0.1) is 5.56 Å². The van der Waals surface area contributed by atoms with Crippen LogP contribution in [0.5, 0.6) is 0 Å². The highest BCUT2D eigenvalue weighted by Gasteiger charge is 2.11. The number of amides is 1. The number of benzene rings is 2. The molecule has 23 heavy (non-hydrogen) atoms. The molecule has 0 aliphatic heterocycles. The summed E-state index contributed by atoms with van der Waals surface area (Å²) in [5.74, 6) is 0.358. The van der Waals surface area contributed by atoms with E-state index >= 15 is 0 Å². The number of nitrogens with one attached hydrogen (secondary N) is 1. The standard InChI is InChI=1S/C20H20N2O/c1-15(16-7-3-2-4-8-16)11-12-22-20(23)19-14-21-13-17-9-5-6-10-18(17)19/h2-10,13-15H,11-12H2,1H3,(H,22,23). The first-order chi connectivity index (χ1) is 11.3. The van der Waals surface area contributed by atoms with Crippen LogP contribution < -0.4 is 5.32 Å². The second-order valence-electron chi connectivity index (χ2n) is 5.76. The molecule has 1 aromatic heterocycles. The van der Waals surface area contributed by atoms with E-state index in [0.717, 1.165) is 17.2 Å². The summed E-state index contributed by atoms with van der Waals surface area (Å²) in [6.07, 6.45) is 4.33. The first kappa shape index (κ1) is 15.2. The molecule has 3 rings (SSSR count). The summed E-state index contributed by atoms with van der Waals surface area (Å²) in [5.41, 5.74) is 1.93. The van der Waals surface area contributed by atoms with Gasteiger partial charge in [-0.05, 0) is 23.3 Å². The van der Waals surface area contributed by atoms with Gasteiger partial charge in [0, 0.05) is 24.3 Å². The van der Waals surface area contributed by atoms with Crippen molar-refractivity contribution in [3.05, 3.63) is 78.1 Å². The van der Waals surface area contributed by atoms with Crippen LogP contribution in [0.4, 0.5) is 0 Å². The molecule has 3 nitrogen and oxygen atoms in total. The van der Waals surface area contributed by atoms with E-state index in [1.807, 2.05) is 42.5 Å². The molecule has 0 fully saturated rings. The fraction of sp³-hybridized carbons (Fsp3) is 0.200. The average Bonchev–Trinajstić information content (AvgIpc) is 2.61. The molecule has 3 heteroatoms. The molecule has 0 saturated carbocycles. The van der Waals surface area contributed by atoms with Gasteiger partial charge in [-0.25, -0.2) is 0 Å². The normalized spacial score (nSPS) is 12.0. The lowest BCUT2D eigenvalue weighted by atomic mass is 9.98. The predicted molar refractivity (Wildman–Crippen MR) is 93.6 cm³/mol. The summed E-state index contributed by atoms with van der Waals surface area (Å²) in [5, 5.41) is 4.94. The number of hydrogen-bond acceptors (Lipinski definition) is 2. The van der Waals surface area contributed by atoms with Crippen molar-refractivity contribution in [3.8, 4) is 0 Å². The SMILES string of the molecule is CC(CCNC(=O)c1cncc2ccccc12)c1ccccc1. The van der Waals surface area contributed by atoms with Crippen molar-refractivity contribution in [2.24, 2.45) is 0 Å². The van der Waals surface area contributed by atoms with Crippen molar-refractivity contribution < 1.29 is 4.79 Å². The Morgan fingerprint density at radius 3 is 2.61 bits per heavy atom. The van der Waals surface area contributed by atoms with Crippen LogP contribution in [0, 0.1) is 0 Å². The van der Waals surface area contributed by atoms with Gasteiger partial charge < -0.3 is 5.32 Å². The fourth-order valence-electron chi connectivity index (χ4n) is 2.74. The first-order valence-electron chi connectivity index (χ1n) is 7.91. The van der Waals surface area contributed by atoms with Gasteiger partial charge >= 0.3 is 0 Å². The minimum Gasteiger partial charge on any atom is -0.352 e. The highest BCUT2D eigenvalue weighted by atomic mass is 16.1. The monoisotopic (exact) mass is 304 g/mol. The summed E-state index contributed by atoms with van der Waals surface area (Å²) < 4.78 is 0. The molecule has 0 aliphatic rings. The topological polar surface area (TPSA) is 42.0 Å². The lowest BCUT2D eigenvalue weighted by Crippen LogP contribution is -2.25. The van der Waals surface area contributed by atoms with E-state index in [1.165, 1.54) is 5.56 Å². The van der Waals surface area contributed by atoms with E-state index in [2.05, 4.69) is 29.4 Å². The van der Waals surface area contributed by atoms with Crippen LogP contribution in [0.1, 0.15) is 35.2 Å². The van der Waals surface area contributed by atoms with Crippen molar-refractivity contribution in [3.63, 3.8) is 0 Å². The molecule has 3 aromatic rings. The van der Waals surface area contributed by atoms with Crippen molar-refractivity contribution in [1.82, 2.24) is 10.3 Å². The maximum absolute atomic E-state index is 12.4. The third-order valence-corrected chi connectivity index (χ3v) is 4.14. The molecule has 1 amide bonds. The number of nitrogens with zero attached hydrogens (tertiary/aromatic N) is 1. The number of rotatable bonds is 5. The second kappa shape index (κ2) is 7.05. The van der Waals surface area contributed by atoms with E-state index in [4.69, 9.17) is 0 Å². The van der Waals surface area contributed by atoms with Crippen LogP contribution in [0.2, 0.25) is 0 Å². The van der Waals surface area contributed by atoms with E-state index in [-0.39, 0.29) is 5.91 Å². The zero-order chi connectivity index (χ0) is 16.1. The Balaban J connectivity index is 1.63. The van der Waals surface area contributed by atoms with E-state index < -0.39 is 0 Å². The highest BCUT2D eigenvalue weighted by molar-refractivity contribution is 6.06. The molecule has 0 saturated heterocycles. The summed E-state index contributed by atoms with van der Waals surface area (Å²) >= 11 is 0. The van der Waals surface area contributed by atoms with Gasteiger partial charge in [-0.2, -0.15) is 0 Å². The molecular weight excluding hydrogens is 284 g/mol. The van der Waals surface area contributed by atoms with Crippen molar-refractivity contribution in [1.29, 1.82) is 0 Å². The molecule has 116 valence electrons. The van der Waals surface area contributed by atoms with Crippen molar-refractivity contribution in [2.45, 2.75) is 19.3 Å². The summed E-state index contributed by atoms with van der Waals surface area (Å²) in [6, 6.07) is 18.2. The Kier molecular flexibility index (Phi) is 4.67. The summed E-state index contributed by atoms with van der Waals surface area (Å²) in [7, 11) is 0. The van der Waals surface area contributed by atoms with Gasteiger partial charge in [0.15, 0.2) is 0 Å². The number of carbonyl (C=O) groups excluding carboxylic acids is 1. The van der Waals surface area contributed by atoms with Crippen LogP contribution >= 0.6 is 0 Å². The Morgan fingerprint density at radius 2 is 1.78 bits per heavy atom. The maximum atomic E-state index is 12.4. The summed E-state index contributed by atoms with van der Waals surface area (Å²) in [4.78, 5) is 16.6.